The predicted octanol–water partition coefficient (Wildman–Crippen LogP) is 4.86. The van der Waals surface area contributed by atoms with Crippen molar-refractivity contribution in [1.29, 1.82) is 0 Å². The Hall–Kier alpha value is -1.82. The Labute approximate surface area is 140 Å². The molecule has 1 heterocycles. The second-order valence-electron chi connectivity index (χ2n) is 5.24. The van der Waals surface area contributed by atoms with Crippen LogP contribution in [0.25, 0.3) is 0 Å². The van der Waals surface area contributed by atoms with Gasteiger partial charge >= 0.3 is 6.18 Å². The van der Waals surface area contributed by atoms with Gasteiger partial charge in [0.25, 0.3) is 0 Å². The molecular weight excluding hydrogens is 371 g/mol. The number of hydrogen-bond acceptors (Lipinski definition) is 2. The standard InChI is InChI=1S/C17H13BrF3NO/c18-15-8-4-2-6-13(15)16-22-12(10-23-16)9-11-5-1-3-7-14(11)17(19,20)21/h1-8,12H,9-10H2/t12-/m0/s1. The van der Waals surface area contributed by atoms with E-state index in [9.17, 15) is 13.2 Å². The van der Waals surface area contributed by atoms with Crippen molar-refractivity contribution < 1.29 is 17.9 Å². The van der Waals surface area contributed by atoms with Gasteiger partial charge in [-0.2, -0.15) is 13.2 Å². The number of ether oxygens (including phenoxy) is 1. The lowest BCUT2D eigenvalue weighted by molar-refractivity contribution is -0.138. The Morgan fingerprint density at radius 3 is 2.52 bits per heavy atom. The molecule has 2 aromatic rings. The zero-order valence-electron chi connectivity index (χ0n) is 12.0. The molecule has 3 rings (SSSR count). The fraction of sp³-hybridized carbons (Fsp3) is 0.235. The van der Waals surface area contributed by atoms with Crippen LogP contribution >= 0.6 is 15.9 Å². The molecule has 0 aliphatic carbocycles. The number of aliphatic imine (C=N–C) groups is 1. The van der Waals surface area contributed by atoms with Gasteiger partial charge in [-0.15, -0.1) is 0 Å². The molecule has 0 fully saturated rings. The van der Waals surface area contributed by atoms with Crippen LogP contribution in [-0.4, -0.2) is 18.5 Å². The minimum atomic E-state index is -4.36. The molecule has 1 atom stereocenters. The van der Waals surface area contributed by atoms with Crippen LogP contribution < -0.4 is 0 Å². The number of rotatable bonds is 3. The highest BCUT2D eigenvalue weighted by Crippen LogP contribution is 2.33. The van der Waals surface area contributed by atoms with Gasteiger partial charge in [0.15, 0.2) is 0 Å². The van der Waals surface area contributed by atoms with E-state index in [-0.39, 0.29) is 24.6 Å². The second kappa shape index (κ2) is 6.35. The third kappa shape index (κ3) is 3.58. The van der Waals surface area contributed by atoms with Gasteiger partial charge in [-0.05, 0) is 46.1 Å². The largest absolute Gasteiger partial charge is 0.475 e. The van der Waals surface area contributed by atoms with Crippen molar-refractivity contribution in [2.24, 2.45) is 4.99 Å². The zero-order valence-corrected chi connectivity index (χ0v) is 13.6. The molecule has 0 amide bonds. The molecule has 0 radical (unpaired) electrons. The SMILES string of the molecule is FC(F)(F)c1ccccc1C[C@H]1COC(c2ccccc2Br)=N1. The van der Waals surface area contributed by atoms with Gasteiger partial charge in [-0.25, -0.2) is 4.99 Å². The highest BCUT2D eigenvalue weighted by atomic mass is 79.9. The van der Waals surface area contributed by atoms with E-state index in [0.29, 0.717) is 5.90 Å². The first-order chi connectivity index (χ1) is 10.9. The van der Waals surface area contributed by atoms with Crippen molar-refractivity contribution in [2.75, 3.05) is 6.61 Å². The second-order valence-corrected chi connectivity index (χ2v) is 6.09. The molecule has 0 N–H and O–H groups in total. The van der Waals surface area contributed by atoms with Crippen molar-refractivity contribution in [2.45, 2.75) is 18.6 Å². The molecular formula is C17H13BrF3NO. The zero-order chi connectivity index (χ0) is 16.4. The maximum Gasteiger partial charge on any atom is 0.416 e. The maximum atomic E-state index is 13.0. The summed E-state index contributed by atoms with van der Waals surface area (Å²) < 4.78 is 45.5. The molecule has 120 valence electrons. The van der Waals surface area contributed by atoms with Crippen molar-refractivity contribution >= 4 is 21.8 Å². The van der Waals surface area contributed by atoms with Crippen LogP contribution in [-0.2, 0) is 17.3 Å². The summed E-state index contributed by atoms with van der Waals surface area (Å²) in [4.78, 5) is 4.43. The molecule has 6 heteroatoms. The lowest BCUT2D eigenvalue weighted by atomic mass is 10.0. The maximum absolute atomic E-state index is 13.0. The Morgan fingerprint density at radius 1 is 1.09 bits per heavy atom. The summed E-state index contributed by atoms with van der Waals surface area (Å²) >= 11 is 3.42. The first-order valence-corrected chi connectivity index (χ1v) is 7.85. The summed E-state index contributed by atoms with van der Waals surface area (Å²) in [5.74, 6) is 0.465. The average Bonchev–Trinajstić information content (AvgIpc) is 2.95. The van der Waals surface area contributed by atoms with E-state index < -0.39 is 11.7 Å². The van der Waals surface area contributed by atoms with Crippen LogP contribution in [0.3, 0.4) is 0 Å². The predicted molar refractivity (Wildman–Crippen MR) is 85.6 cm³/mol. The molecule has 1 aliphatic heterocycles. The van der Waals surface area contributed by atoms with Crippen molar-refractivity contribution in [1.82, 2.24) is 0 Å². The highest BCUT2D eigenvalue weighted by molar-refractivity contribution is 9.10. The topological polar surface area (TPSA) is 21.6 Å². The number of halogens is 4. The molecule has 0 spiro atoms. The van der Waals surface area contributed by atoms with E-state index in [1.54, 1.807) is 6.07 Å². The molecule has 2 aromatic carbocycles. The van der Waals surface area contributed by atoms with Gasteiger partial charge < -0.3 is 4.74 Å². The van der Waals surface area contributed by atoms with E-state index in [0.717, 1.165) is 16.1 Å². The van der Waals surface area contributed by atoms with Gasteiger partial charge in [0, 0.05) is 4.47 Å². The normalized spacial score (nSPS) is 17.7. The summed E-state index contributed by atoms with van der Waals surface area (Å²) in [5, 5.41) is 0. The number of nitrogens with zero attached hydrogens (tertiary/aromatic N) is 1. The molecule has 2 nitrogen and oxygen atoms in total. The number of alkyl halides is 3. The first kappa shape index (κ1) is 16.1. The number of benzene rings is 2. The quantitative estimate of drug-likeness (QED) is 0.741. The van der Waals surface area contributed by atoms with E-state index in [1.165, 1.54) is 12.1 Å². The van der Waals surface area contributed by atoms with E-state index in [2.05, 4.69) is 20.9 Å². The minimum absolute atomic E-state index is 0.198. The summed E-state index contributed by atoms with van der Waals surface area (Å²) in [6, 6.07) is 12.7. The van der Waals surface area contributed by atoms with E-state index in [4.69, 9.17) is 4.74 Å². The van der Waals surface area contributed by atoms with Crippen LogP contribution in [0.15, 0.2) is 58.0 Å². The van der Waals surface area contributed by atoms with Crippen molar-refractivity contribution in [3.8, 4) is 0 Å². The van der Waals surface area contributed by atoms with E-state index >= 15 is 0 Å². The van der Waals surface area contributed by atoms with Gasteiger partial charge in [0.1, 0.15) is 6.61 Å². The molecule has 0 saturated heterocycles. The van der Waals surface area contributed by atoms with Gasteiger partial charge in [-0.1, -0.05) is 30.3 Å². The highest BCUT2D eigenvalue weighted by Gasteiger charge is 2.34. The molecule has 23 heavy (non-hydrogen) atoms. The third-order valence-electron chi connectivity index (χ3n) is 3.59. The molecule has 1 aliphatic rings. The Kier molecular flexibility index (Phi) is 4.43. The lowest BCUT2D eigenvalue weighted by Gasteiger charge is -2.13. The summed E-state index contributed by atoms with van der Waals surface area (Å²) in [6.45, 7) is 0.281. The molecule has 0 unspecified atom stereocenters. The van der Waals surface area contributed by atoms with Crippen molar-refractivity contribution in [3.63, 3.8) is 0 Å². The van der Waals surface area contributed by atoms with Gasteiger partial charge in [-0.3, -0.25) is 0 Å². The molecule has 0 bridgehead atoms. The average molecular weight is 384 g/mol. The smallest absolute Gasteiger partial charge is 0.416 e. The summed E-state index contributed by atoms with van der Waals surface area (Å²) in [5.41, 5.74) is 0.439. The Bertz CT molecular complexity index is 743. The van der Waals surface area contributed by atoms with Crippen LogP contribution in [0, 0.1) is 0 Å². The van der Waals surface area contributed by atoms with Crippen LogP contribution in [0.4, 0.5) is 13.2 Å². The van der Waals surface area contributed by atoms with Crippen molar-refractivity contribution in [3.05, 3.63) is 69.7 Å². The monoisotopic (exact) mass is 383 g/mol. The minimum Gasteiger partial charge on any atom is -0.475 e. The van der Waals surface area contributed by atoms with E-state index in [1.807, 2.05) is 24.3 Å². The fourth-order valence-electron chi connectivity index (χ4n) is 2.53. The van der Waals surface area contributed by atoms with Crippen LogP contribution in [0.1, 0.15) is 16.7 Å². The third-order valence-corrected chi connectivity index (χ3v) is 4.29. The number of hydrogen-bond donors (Lipinski definition) is 0. The fourth-order valence-corrected chi connectivity index (χ4v) is 2.99. The first-order valence-electron chi connectivity index (χ1n) is 7.06. The van der Waals surface area contributed by atoms with Gasteiger partial charge in [0.2, 0.25) is 5.90 Å². The molecule has 0 saturated carbocycles. The van der Waals surface area contributed by atoms with Crippen LogP contribution in [0.5, 0.6) is 0 Å². The summed E-state index contributed by atoms with van der Waals surface area (Å²) in [6.07, 6.45) is -4.16. The van der Waals surface area contributed by atoms with Crippen LogP contribution in [0.2, 0.25) is 0 Å². The molecule has 0 aromatic heterocycles. The lowest BCUT2D eigenvalue weighted by Crippen LogP contribution is -2.15. The Morgan fingerprint density at radius 2 is 1.78 bits per heavy atom. The Balaban J connectivity index is 1.82. The van der Waals surface area contributed by atoms with Gasteiger partial charge in [0.05, 0.1) is 17.2 Å². The summed E-state index contributed by atoms with van der Waals surface area (Å²) in [7, 11) is 0.